The molecule has 2 atom stereocenters. The van der Waals surface area contributed by atoms with Gasteiger partial charge in [0.2, 0.25) is 12.7 Å². The van der Waals surface area contributed by atoms with E-state index in [4.69, 9.17) is 18.9 Å². The lowest BCUT2D eigenvalue weighted by molar-refractivity contribution is -0.150. The van der Waals surface area contributed by atoms with E-state index in [0.717, 1.165) is 0 Å². The number of benzene rings is 2. The minimum Gasteiger partial charge on any atom is -0.493 e. The van der Waals surface area contributed by atoms with E-state index < -0.39 is 40.9 Å². The van der Waals surface area contributed by atoms with Crippen molar-refractivity contribution >= 4 is 29.0 Å². The van der Waals surface area contributed by atoms with Crippen LogP contribution in [0, 0.1) is 10.8 Å². The Hall–Kier alpha value is -4.81. The highest BCUT2D eigenvalue weighted by Crippen LogP contribution is 2.38. The second kappa shape index (κ2) is 12.3. The Morgan fingerprint density at radius 2 is 1.91 bits per heavy atom. The van der Waals surface area contributed by atoms with Gasteiger partial charge in [0.25, 0.3) is 5.56 Å². The number of ether oxygens (including phenoxy) is 4. The maximum atomic E-state index is 13.3. The van der Waals surface area contributed by atoms with Crippen LogP contribution in [-0.2, 0) is 14.3 Å². The van der Waals surface area contributed by atoms with Crippen LogP contribution in [-0.4, -0.2) is 76.6 Å². The summed E-state index contributed by atoms with van der Waals surface area (Å²) >= 11 is 0. The zero-order valence-electron chi connectivity index (χ0n) is 26.0. The lowest BCUT2D eigenvalue weighted by Crippen LogP contribution is -2.56. The molecule has 2 aromatic carbocycles. The number of amides is 2. The smallest absolute Gasteiger partial charge is 0.407 e. The van der Waals surface area contributed by atoms with E-state index in [1.165, 1.54) is 4.90 Å². The molecule has 1 fully saturated rings. The number of carbonyl (C=O) groups excluding carboxylic acids is 2. The van der Waals surface area contributed by atoms with Crippen molar-refractivity contribution in [2.75, 3.05) is 26.6 Å². The SMILES string of the molecule is CC(C)(COC(=O)N[C@H](C(=O)N1CCCC1C(=O)O)C(C)(C)C)COc1cccc(-c2nc3c4c(ccc3[nH]c2=O)OCO4)c1. The largest absolute Gasteiger partial charge is 0.493 e. The summed E-state index contributed by atoms with van der Waals surface area (Å²) < 4.78 is 22.5. The number of nitrogens with zero attached hydrogens (tertiary/aromatic N) is 2. The van der Waals surface area contributed by atoms with Gasteiger partial charge in [-0.05, 0) is 42.5 Å². The van der Waals surface area contributed by atoms with Gasteiger partial charge >= 0.3 is 12.1 Å². The van der Waals surface area contributed by atoms with Crippen LogP contribution in [0.25, 0.3) is 22.3 Å². The zero-order chi connectivity index (χ0) is 32.5. The lowest BCUT2D eigenvalue weighted by atomic mass is 9.85. The quantitative estimate of drug-likeness (QED) is 0.318. The predicted molar refractivity (Wildman–Crippen MR) is 163 cm³/mol. The molecule has 3 aromatic rings. The first-order valence-electron chi connectivity index (χ1n) is 14.8. The summed E-state index contributed by atoms with van der Waals surface area (Å²) in [6.45, 7) is 9.64. The van der Waals surface area contributed by atoms with Crippen LogP contribution < -0.4 is 25.1 Å². The number of hydrogen-bond acceptors (Lipinski definition) is 9. The first-order chi connectivity index (χ1) is 21.2. The fourth-order valence-corrected chi connectivity index (χ4v) is 5.28. The number of carbonyl (C=O) groups is 3. The monoisotopic (exact) mass is 622 g/mol. The van der Waals surface area contributed by atoms with Crippen molar-refractivity contribution in [1.29, 1.82) is 0 Å². The number of rotatable bonds is 9. The van der Waals surface area contributed by atoms with E-state index in [-0.39, 0.29) is 31.3 Å². The fraction of sp³-hybridized carbons (Fsp3) is 0.469. The molecule has 45 heavy (non-hydrogen) atoms. The van der Waals surface area contributed by atoms with Gasteiger partial charge in [-0.2, -0.15) is 0 Å². The Labute approximate surface area is 259 Å². The Kier molecular flexibility index (Phi) is 8.63. The lowest BCUT2D eigenvalue weighted by Gasteiger charge is -2.34. The van der Waals surface area contributed by atoms with Gasteiger partial charge in [0.05, 0.1) is 12.1 Å². The Morgan fingerprint density at radius 3 is 2.64 bits per heavy atom. The summed E-state index contributed by atoms with van der Waals surface area (Å²) in [7, 11) is 0. The van der Waals surface area contributed by atoms with Gasteiger partial charge in [0, 0.05) is 17.5 Å². The molecule has 3 heterocycles. The third-order valence-electron chi connectivity index (χ3n) is 7.73. The summed E-state index contributed by atoms with van der Waals surface area (Å²) in [6.07, 6.45) is 0.176. The van der Waals surface area contributed by atoms with Gasteiger partial charge in [-0.15, -0.1) is 0 Å². The standard InChI is InChI=1S/C32H38N4O9/c1-31(2,3)26(28(38)36-13-7-10-21(36)29(39)40)35-30(41)43-16-32(4,5)15-42-19-9-6-8-18(14-19)23-27(37)33-20-11-12-22-25(24(20)34-23)45-17-44-22/h6,8-9,11-12,14,21,26H,7,10,13,15-17H2,1-5H3,(H,33,37)(H,35,41)(H,39,40)/t21?,26-/m1/s1. The molecule has 1 unspecified atom stereocenters. The van der Waals surface area contributed by atoms with Gasteiger partial charge in [0.15, 0.2) is 11.5 Å². The molecule has 2 amide bonds. The van der Waals surface area contributed by atoms with Gasteiger partial charge < -0.3 is 39.3 Å². The van der Waals surface area contributed by atoms with Crippen LogP contribution in [0.3, 0.4) is 0 Å². The average molecular weight is 623 g/mol. The number of aromatic amines is 1. The molecule has 2 aliphatic rings. The number of alkyl carbamates (subject to hydrolysis) is 1. The van der Waals surface area contributed by atoms with Crippen LogP contribution in [0.2, 0.25) is 0 Å². The van der Waals surface area contributed by atoms with Gasteiger partial charge in [-0.1, -0.05) is 46.8 Å². The Bertz CT molecular complexity index is 1680. The highest BCUT2D eigenvalue weighted by Gasteiger charge is 2.42. The Morgan fingerprint density at radius 1 is 1.13 bits per heavy atom. The van der Waals surface area contributed by atoms with Crippen molar-refractivity contribution in [3.63, 3.8) is 0 Å². The van der Waals surface area contributed by atoms with E-state index in [2.05, 4.69) is 15.3 Å². The molecular weight excluding hydrogens is 584 g/mol. The van der Waals surface area contributed by atoms with Crippen LogP contribution in [0.5, 0.6) is 17.2 Å². The number of nitrogens with one attached hydrogen (secondary N) is 2. The number of hydrogen-bond donors (Lipinski definition) is 3. The normalized spacial score (nSPS) is 16.8. The second-order valence-corrected chi connectivity index (χ2v) is 13.1. The van der Waals surface area contributed by atoms with Crippen molar-refractivity contribution < 1.29 is 38.4 Å². The van der Waals surface area contributed by atoms with Crippen LogP contribution >= 0.6 is 0 Å². The van der Waals surface area contributed by atoms with Crippen molar-refractivity contribution in [3.05, 3.63) is 46.8 Å². The topological polar surface area (TPSA) is 169 Å². The first-order valence-corrected chi connectivity index (χ1v) is 14.8. The van der Waals surface area contributed by atoms with Crippen molar-refractivity contribution in [2.45, 2.75) is 59.5 Å². The zero-order valence-corrected chi connectivity index (χ0v) is 26.0. The van der Waals surface area contributed by atoms with E-state index in [1.807, 2.05) is 13.8 Å². The summed E-state index contributed by atoms with van der Waals surface area (Å²) in [5.74, 6) is 0.0126. The van der Waals surface area contributed by atoms with Crippen molar-refractivity contribution in [1.82, 2.24) is 20.2 Å². The third-order valence-corrected chi connectivity index (χ3v) is 7.73. The number of fused-ring (bicyclic) bond motifs is 3. The summed E-state index contributed by atoms with van der Waals surface area (Å²) in [4.78, 5) is 59.4. The molecule has 1 aromatic heterocycles. The maximum absolute atomic E-state index is 13.3. The first kappa shape index (κ1) is 31.6. The maximum Gasteiger partial charge on any atom is 0.407 e. The van der Waals surface area contributed by atoms with Crippen molar-refractivity contribution in [2.24, 2.45) is 10.8 Å². The molecule has 5 rings (SSSR count). The summed E-state index contributed by atoms with van der Waals surface area (Å²) in [6, 6.07) is 8.51. The fourth-order valence-electron chi connectivity index (χ4n) is 5.28. The van der Waals surface area contributed by atoms with Crippen LogP contribution in [0.15, 0.2) is 41.2 Å². The number of aromatic nitrogens is 2. The van der Waals surface area contributed by atoms with Gasteiger partial charge in [0.1, 0.15) is 35.7 Å². The molecule has 0 saturated carbocycles. The number of carboxylic acid groups (broad SMARTS) is 1. The minimum absolute atomic E-state index is 0.0237. The number of likely N-dealkylation sites (tertiary alicyclic amines) is 1. The molecule has 0 aliphatic carbocycles. The number of carboxylic acids is 1. The highest BCUT2D eigenvalue weighted by molar-refractivity contribution is 5.90. The van der Waals surface area contributed by atoms with E-state index in [0.29, 0.717) is 53.2 Å². The third kappa shape index (κ3) is 6.97. The second-order valence-electron chi connectivity index (χ2n) is 13.1. The van der Waals surface area contributed by atoms with E-state index >= 15 is 0 Å². The summed E-state index contributed by atoms with van der Waals surface area (Å²) in [5, 5.41) is 12.2. The van der Waals surface area contributed by atoms with Crippen LogP contribution in [0.4, 0.5) is 4.79 Å². The van der Waals surface area contributed by atoms with Crippen molar-refractivity contribution in [3.8, 4) is 28.5 Å². The molecule has 0 radical (unpaired) electrons. The Balaban J connectivity index is 1.21. The van der Waals surface area contributed by atoms with Gasteiger partial charge in [-0.25, -0.2) is 14.6 Å². The molecule has 0 bridgehead atoms. The number of H-pyrrole nitrogens is 1. The van der Waals surface area contributed by atoms with E-state index in [1.54, 1.807) is 57.2 Å². The molecule has 240 valence electrons. The van der Waals surface area contributed by atoms with E-state index in [9.17, 15) is 24.3 Å². The molecule has 1 saturated heterocycles. The van der Waals surface area contributed by atoms with Gasteiger partial charge in [-0.3, -0.25) is 9.59 Å². The predicted octanol–water partition coefficient (Wildman–Crippen LogP) is 3.94. The number of aliphatic carboxylic acids is 1. The molecule has 3 N–H and O–H groups in total. The summed E-state index contributed by atoms with van der Waals surface area (Å²) in [5.41, 5.74) is 0.0743. The molecule has 13 nitrogen and oxygen atoms in total. The highest BCUT2D eigenvalue weighted by atomic mass is 16.7. The average Bonchev–Trinajstić information content (AvgIpc) is 3.67. The molecule has 0 spiro atoms. The minimum atomic E-state index is -1.06. The molecule has 13 heteroatoms. The van der Waals surface area contributed by atoms with Crippen LogP contribution in [0.1, 0.15) is 47.5 Å². The molecule has 2 aliphatic heterocycles. The molecular formula is C32H38N4O9.